The second kappa shape index (κ2) is 8.27. The lowest BCUT2D eigenvalue weighted by molar-refractivity contribution is 0.0211. The molecule has 5 nitrogen and oxygen atoms in total. The van der Waals surface area contributed by atoms with E-state index in [0.717, 1.165) is 9.79 Å². The highest BCUT2D eigenvalue weighted by Gasteiger charge is 2.30. The number of fused-ring (bicyclic) bond motifs is 1. The Bertz CT molecular complexity index is 861. The molecular weight excluding hydrogens is 374 g/mol. The molecule has 1 heterocycles. The third-order valence-electron chi connectivity index (χ3n) is 4.12. The molecule has 3 rings (SSSR count). The minimum absolute atomic E-state index is 0.0279. The van der Waals surface area contributed by atoms with E-state index in [1.165, 1.54) is 4.90 Å². The molecule has 0 saturated heterocycles. The zero-order chi connectivity index (χ0) is 20.3. The number of benzene rings is 2. The van der Waals surface area contributed by atoms with Gasteiger partial charge in [0.05, 0.1) is 12.1 Å². The van der Waals surface area contributed by atoms with E-state index in [1.807, 2.05) is 69.3 Å². The summed E-state index contributed by atoms with van der Waals surface area (Å²) >= 11 is 1.61. The van der Waals surface area contributed by atoms with E-state index in [-0.39, 0.29) is 18.7 Å². The fourth-order valence-electron chi connectivity index (χ4n) is 2.88. The highest BCUT2D eigenvalue weighted by atomic mass is 32.2. The van der Waals surface area contributed by atoms with E-state index in [9.17, 15) is 9.59 Å². The Balaban J connectivity index is 1.69. The Morgan fingerprint density at radius 3 is 2.57 bits per heavy atom. The normalized spacial score (nSPS) is 16.1. The van der Waals surface area contributed by atoms with Crippen LogP contribution in [0.1, 0.15) is 37.6 Å². The lowest BCUT2D eigenvalue weighted by Crippen LogP contribution is -2.42. The number of hydrogen-bond donors (Lipinski definition) is 0. The quantitative estimate of drug-likeness (QED) is 0.721. The molecule has 0 bridgehead atoms. The van der Waals surface area contributed by atoms with E-state index >= 15 is 0 Å². The van der Waals surface area contributed by atoms with Gasteiger partial charge in [0, 0.05) is 23.3 Å². The van der Waals surface area contributed by atoms with Gasteiger partial charge in [-0.2, -0.15) is 0 Å². The predicted molar refractivity (Wildman–Crippen MR) is 109 cm³/mol. The molecule has 28 heavy (non-hydrogen) atoms. The van der Waals surface area contributed by atoms with Gasteiger partial charge in [-0.15, -0.1) is 0 Å². The van der Waals surface area contributed by atoms with Crippen molar-refractivity contribution in [1.82, 2.24) is 4.90 Å². The Hall–Kier alpha value is -2.47. The minimum Gasteiger partial charge on any atom is -0.487 e. The van der Waals surface area contributed by atoms with E-state index < -0.39 is 17.8 Å². The second-order valence-corrected chi connectivity index (χ2v) is 8.95. The van der Waals surface area contributed by atoms with Crippen molar-refractivity contribution < 1.29 is 19.1 Å². The molecule has 0 aliphatic carbocycles. The number of ether oxygens (including phenoxy) is 2. The summed E-state index contributed by atoms with van der Waals surface area (Å²) in [5.41, 5.74) is 0.0265. The van der Waals surface area contributed by atoms with Crippen molar-refractivity contribution in [3.8, 4) is 5.75 Å². The van der Waals surface area contributed by atoms with E-state index in [4.69, 9.17) is 9.47 Å². The van der Waals surface area contributed by atoms with Crippen LogP contribution < -0.4 is 4.74 Å². The summed E-state index contributed by atoms with van der Waals surface area (Å²) in [5, 5.41) is 0. The Kier molecular flexibility index (Phi) is 5.98. The average Bonchev–Trinajstić information content (AvgIpc) is 2.61. The molecular formula is C22H25NO4S. The van der Waals surface area contributed by atoms with Gasteiger partial charge in [-0.25, -0.2) is 4.79 Å². The first-order chi connectivity index (χ1) is 13.2. The van der Waals surface area contributed by atoms with Crippen molar-refractivity contribution in [3.63, 3.8) is 0 Å². The number of hydrogen-bond acceptors (Lipinski definition) is 5. The maximum absolute atomic E-state index is 12.5. The van der Waals surface area contributed by atoms with Gasteiger partial charge in [0.1, 0.15) is 17.5 Å². The Morgan fingerprint density at radius 2 is 1.89 bits per heavy atom. The number of nitrogens with zero attached hydrogens (tertiary/aromatic N) is 1. The molecule has 1 aliphatic rings. The second-order valence-electron chi connectivity index (χ2n) is 7.80. The van der Waals surface area contributed by atoms with E-state index in [2.05, 4.69) is 0 Å². The molecule has 1 aliphatic heterocycles. The van der Waals surface area contributed by atoms with Gasteiger partial charge in [0.2, 0.25) is 0 Å². The Labute approximate surface area is 170 Å². The predicted octanol–water partition coefficient (Wildman–Crippen LogP) is 5.04. The van der Waals surface area contributed by atoms with Crippen molar-refractivity contribution in [2.75, 3.05) is 13.6 Å². The van der Waals surface area contributed by atoms with Crippen LogP contribution in [0, 0.1) is 0 Å². The van der Waals surface area contributed by atoms with Crippen LogP contribution in [-0.4, -0.2) is 42.1 Å². The average molecular weight is 400 g/mol. The molecule has 0 fully saturated rings. The summed E-state index contributed by atoms with van der Waals surface area (Å²) in [4.78, 5) is 28.3. The summed E-state index contributed by atoms with van der Waals surface area (Å²) in [7, 11) is 1.65. The molecule has 6 heteroatoms. The van der Waals surface area contributed by atoms with Crippen LogP contribution in [0.2, 0.25) is 0 Å². The summed E-state index contributed by atoms with van der Waals surface area (Å²) in [6.07, 6.45) is -0.581. The van der Waals surface area contributed by atoms with Gasteiger partial charge in [-0.1, -0.05) is 30.0 Å². The fourth-order valence-corrected chi connectivity index (χ4v) is 3.75. The maximum Gasteiger partial charge on any atom is 0.410 e. The van der Waals surface area contributed by atoms with Crippen LogP contribution in [0.15, 0.2) is 58.3 Å². The molecule has 1 atom stereocenters. The third-order valence-corrected chi connectivity index (χ3v) is 5.12. The zero-order valence-electron chi connectivity index (χ0n) is 16.6. The van der Waals surface area contributed by atoms with Crippen LogP contribution in [0.3, 0.4) is 0 Å². The lowest BCUT2D eigenvalue weighted by atomic mass is 10.0. The van der Waals surface area contributed by atoms with Crippen LogP contribution in [0.4, 0.5) is 4.79 Å². The van der Waals surface area contributed by atoms with Gasteiger partial charge < -0.3 is 14.4 Å². The van der Waals surface area contributed by atoms with Crippen LogP contribution >= 0.6 is 11.8 Å². The van der Waals surface area contributed by atoms with Crippen molar-refractivity contribution >= 4 is 23.6 Å². The van der Waals surface area contributed by atoms with E-state index in [1.54, 1.807) is 18.8 Å². The van der Waals surface area contributed by atoms with Gasteiger partial charge in [0.15, 0.2) is 5.78 Å². The number of ketones is 1. The monoisotopic (exact) mass is 399 g/mol. The molecule has 0 aromatic heterocycles. The summed E-state index contributed by atoms with van der Waals surface area (Å²) in [6.45, 7) is 5.75. The molecule has 0 spiro atoms. The van der Waals surface area contributed by atoms with Crippen LogP contribution in [0.25, 0.3) is 0 Å². The smallest absolute Gasteiger partial charge is 0.410 e. The number of likely N-dealkylation sites (N-methyl/N-ethyl adjacent to an activating group) is 1. The third kappa shape index (κ3) is 5.29. The first kappa shape index (κ1) is 20.3. The minimum atomic E-state index is -0.565. The van der Waals surface area contributed by atoms with E-state index in [0.29, 0.717) is 11.3 Å². The molecule has 148 valence electrons. The largest absolute Gasteiger partial charge is 0.487 e. The van der Waals surface area contributed by atoms with Crippen molar-refractivity contribution in [1.29, 1.82) is 0 Å². The van der Waals surface area contributed by atoms with Gasteiger partial charge >= 0.3 is 6.09 Å². The van der Waals surface area contributed by atoms with Gasteiger partial charge in [-0.3, -0.25) is 4.79 Å². The number of carbonyl (C=O) groups excluding carboxylic acids is 2. The first-order valence-corrected chi connectivity index (χ1v) is 10.0. The molecule has 0 saturated carbocycles. The first-order valence-electron chi connectivity index (χ1n) is 9.22. The summed E-state index contributed by atoms with van der Waals surface area (Å²) in [6, 6.07) is 15.7. The molecule has 2 aromatic carbocycles. The standard InChI is InChI=1S/C22H25NO4S/c1-22(2,3)27-21(25)23(4)14-15-12-19(24)18-11-10-17(13-20(18)26-15)28-16-8-6-5-7-9-16/h5-11,13,15H,12,14H2,1-4H3. The SMILES string of the molecule is CN(CC1CC(=O)c2ccc(Sc3ccccc3)cc2O1)C(=O)OC(C)(C)C. The number of Topliss-reactive ketones (excluding diaryl/α,β-unsaturated/α-hetero) is 1. The number of amides is 1. The van der Waals surface area contributed by atoms with Gasteiger partial charge in [0.25, 0.3) is 0 Å². The highest BCUT2D eigenvalue weighted by molar-refractivity contribution is 7.99. The lowest BCUT2D eigenvalue weighted by Gasteiger charge is -2.30. The van der Waals surface area contributed by atoms with Gasteiger partial charge in [-0.05, 0) is 51.1 Å². The fraction of sp³-hybridized carbons (Fsp3) is 0.364. The highest BCUT2D eigenvalue weighted by Crippen LogP contribution is 2.35. The van der Waals surface area contributed by atoms with Crippen LogP contribution in [0.5, 0.6) is 5.75 Å². The zero-order valence-corrected chi connectivity index (χ0v) is 17.4. The number of rotatable bonds is 4. The topological polar surface area (TPSA) is 55.8 Å². The maximum atomic E-state index is 12.5. The summed E-state index contributed by atoms with van der Waals surface area (Å²) in [5.74, 6) is 0.597. The van der Waals surface area contributed by atoms with Crippen LogP contribution in [-0.2, 0) is 4.74 Å². The number of carbonyl (C=O) groups is 2. The van der Waals surface area contributed by atoms with Crippen molar-refractivity contribution in [2.45, 2.75) is 48.7 Å². The molecule has 0 radical (unpaired) electrons. The van der Waals surface area contributed by atoms with Crippen molar-refractivity contribution in [2.24, 2.45) is 0 Å². The molecule has 1 unspecified atom stereocenters. The Morgan fingerprint density at radius 1 is 1.18 bits per heavy atom. The molecule has 1 amide bonds. The molecule has 0 N–H and O–H groups in total. The molecule has 2 aromatic rings. The summed E-state index contributed by atoms with van der Waals surface area (Å²) < 4.78 is 11.4. The van der Waals surface area contributed by atoms with Crippen molar-refractivity contribution in [3.05, 3.63) is 54.1 Å².